The molecule has 9 heteroatoms. The highest BCUT2D eigenvalue weighted by atomic mass is 79.9. The number of pyridine rings is 1. The van der Waals surface area contributed by atoms with Gasteiger partial charge in [0.15, 0.2) is 0 Å². The van der Waals surface area contributed by atoms with Crippen molar-refractivity contribution in [2.24, 2.45) is 0 Å². The summed E-state index contributed by atoms with van der Waals surface area (Å²) in [7, 11) is 1.70. The number of hydrogen-bond donors (Lipinski definition) is 3. The van der Waals surface area contributed by atoms with Gasteiger partial charge < -0.3 is 25.0 Å². The van der Waals surface area contributed by atoms with Gasteiger partial charge in [0.05, 0.1) is 33.4 Å². The Balaban J connectivity index is 1.96. The molecule has 1 fully saturated rings. The Bertz CT molecular complexity index is 895. The van der Waals surface area contributed by atoms with Crippen LogP contribution in [0.3, 0.4) is 0 Å². The van der Waals surface area contributed by atoms with Crippen LogP contribution in [0.25, 0.3) is 11.0 Å². The molecule has 3 heterocycles. The molecule has 0 spiro atoms. The maximum absolute atomic E-state index is 12.0. The fourth-order valence-electron chi connectivity index (χ4n) is 4.20. The first kappa shape index (κ1) is 22.7. The number of carbonyl (C=O) groups is 1. The van der Waals surface area contributed by atoms with Gasteiger partial charge in [0.2, 0.25) is 0 Å². The number of H-pyrrole nitrogens is 1. The van der Waals surface area contributed by atoms with E-state index in [0.29, 0.717) is 13.1 Å². The molecule has 1 aliphatic rings. The second-order valence-corrected chi connectivity index (χ2v) is 9.73. The number of halogens is 1. The standard InChI is InChI=1S/C21H32BrN5O3/c1-13(30-5)9-23-16-11-25-19-17(16)18(15(22)10-24-19)26-8-6-7-14(12-26)27(20(28)29)21(2,3)4/h10-11,13-14,23H,6-9,12H2,1-5H3,(H,24,25)(H,28,29)/t13-,14+/m0/s1. The van der Waals surface area contributed by atoms with E-state index in [1.54, 1.807) is 18.2 Å². The molecule has 0 unspecified atom stereocenters. The number of methoxy groups -OCH3 is 1. The Morgan fingerprint density at radius 3 is 2.90 bits per heavy atom. The smallest absolute Gasteiger partial charge is 0.408 e. The Morgan fingerprint density at radius 1 is 1.53 bits per heavy atom. The average molecular weight is 482 g/mol. The van der Waals surface area contributed by atoms with Gasteiger partial charge in [0.25, 0.3) is 0 Å². The first-order chi connectivity index (χ1) is 14.1. The molecule has 0 radical (unpaired) electrons. The van der Waals surface area contributed by atoms with Crippen molar-refractivity contribution in [2.75, 3.05) is 37.0 Å². The molecule has 0 aromatic carbocycles. The molecule has 1 amide bonds. The predicted octanol–water partition coefficient (Wildman–Crippen LogP) is 4.52. The van der Waals surface area contributed by atoms with E-state index < -0.39 is 11.6 Å². The van der Waals surface area contributed by atoms with Crippen molar-refractivity contribution in [3.8, 4) is 0 Å². The number of hydrogen-bond acceptors (Lipinski definition) is 5. The molecule has 1 aliphatic heterocycles. The summed E-state index contributed by atoms with van der Waals surface area (Å²) < 4.78 is 6.26. The molecular formula is C21H32BrN5O3. The van der Waals surface area contributed by atoms with E-state index in [9.17, 15) is 9.90 Å². The molecule has 0 bridgehead atoms. The molecule has 2 aromatic heterocycles. The Labute approximate surface area is 186 Å². The maximum atomic E-state index is 12.0. The lowest BCUT2D eigenvalue weighted by Gasteiger charge is -2.45. The topological polar surface area (TPSA) is 93.7 Å². The number of carboxylic acid groups (broad SMARTS) is 1. The number of piperidine rings is 1. The summed E-state index contributed by atoms with van der Waals surface area (Å²) in [6, 6.07) is -0.0739. The number of nitrogens with zero attached hydrogens (tertiary/aromatic N) is 3. The van der Waals surface area contributed by atoms with Crippen molar-refractivity contribution in [1.29, 1.82) is 0 Å². The molecule has 1 saturated heterocycles. The lowest BCUT2D eigenvalue weighted by Crippen LogP contribution is -2.56. The molecule has 8 nitrogen and oxygen atoms in total. The molecule has 30 heavy (non-hydrogen) atoms. The van der Waals surface area contributed by atoms with Gasteiger partial charge >= 0.3 is 6.09 Å². The van der Waals surface area contributed by atoms with Crippen LogP contribution in [0, 0.1) is 0 Å². The minimum atomic E-state index is -0.870. The number of amides is 1. The fourth-order valence-corrected chi connectivity index (χ4v) is 4.75. The summed E-state index contributed by atoms with van der Waals surface area (Å²) in [5.41, 5.74) is 2.35. The van der Waals surface area contributed by atoms with Gasteiger partial charge in [-0.1, -0.05) is 0 Å². The van der Waals surface area contributed by atoms with Gasteiger partial charge in [-0.2, -0.15) is 0 Å². The van der Waals surface area contributed by atoms with Gasteiger partial charge in [0, 0.05) is 44.7 Å². The summed E-state index contributed by atoms with van der Waals surface area (Å²) in [4.78, 5) is 23.7. The Morgan fingerprint density at radius 2 is 2.27 bits per heavy atom. The minimum absolute atomic E-state index is 0.0739. The van der Waals surface area contributed by atoms with Crippen LogP contribution in [0.2, 0.25) is 0 Å². The summed E-state index contributed by atoms with van der Waals surface area (Å²) in [5.74, 6) is 0. The first-order valence-electron chi connectivity index (χ1n) is 10.3. The average Bonchev–Trinajstić information content (AvgIpc) is 3.07. The van der Waals surface area contributed by atoms with Crippen LogP contribution in [0.4, 0.5) is 16.2 Å². The van der Waals surface area contributed by atoms with E-state index in [4.69, 9.17) is 4.74 Å². The summed E-state index contributed by atoms with van der Waals surface area (Å²) in [6.07, 6.45) is 4.72. The van der Waals surface area contributed by atoms with E-state index in [-0.39, 0.29) is 12.1 Å². The molecule has 3 N–H and O–H groups in total. The zero-order chi connectivity index (χ0) is 22.1. The van der Waals surface area contributed by atoms with Crippen molar-refractivity contribution in [3.05, 3.63) is 16.9 Å². The summed E-state index contributed by atoms with van der Waals surface area (Å²) in [5, 5.41) is 14.3. The molecule has 2 aromatic rings. The van der Waals surface area contributed by atoms with Gasteiger partial charge in [-0.15, -0.1) is 0 Å². The zero-order valence-electron chi connectivity index (χ0n) is 18.3. The fraction of sp³-hybridized carbons (Fsp3) is 0.619. The minimum Gasteiger partial charge on any atom is -0.465 e. The highest BCUT2D eigenvalue weighted by molar-refractivity contribution is 9.10. The van der Waals surface area contributed by atoms with Crippen LogP contribution in [-0.4, -0.2) is 70.5 Å². The highest BCUT2D eigenvalue weighted by Gasteiger charge is 2.36. The molecule has 2 atom stereocenters. The molecule has 3 rings (SSSR count). The largest absolute Gasteiger partial charge is 0.465 e. The number of fused-ring (bicyclic) bond motifs is 1. The van der Waals surface area contributed by atoms with E-state index in [1.807, 2.05) is 33.9 Å². The predicted molar refractivity (Wildman–Crippen MR) is 124 cm³/mol. The summed E-state index contributed by atoms with van der Waals surface area (Å²) in [6.45, 7) is 10.0. The summed E-state index contributed by atoms with van der Waals surface area (Å²) >= 11 is 3.69. The van der Waals surface area contributed by atoms with Crippen molar-refractivity contribution >= 4 is 44.4 Å². The molecular weight excluding hydrogens is 450 g/mol. The quantitative estimate of drug-likeness (QED) is 0.561. The Kier molecular flexibility index (Phi) is 6.81. The molecule has 0 saturated carbocycles. The third kappa shape index (κ3) is 4.67. The van der Waals surface area contributed by atoms with Crippen LogP contribution < -0.4 is 10.2 Å². The first-order valence-corrected chi connectivity index (χ1v) is 11.1. The van der Waals surface area contributed by atoms with E-state index in [1.165, 1.54) is 0 Å². The van der Waals surface area contributed by atoms with E-state index in [0.717, 1.165) is 46.3 Å². The number of nitrogens with one attached hydrogen (secondary N) is 2. The Hall–Kier alpha value is -2.00. The van der Waals surface area contributed by atoms with E-state index in [2.05, 4.69) is 36.1 Å². The normalized spacial score (nSPS) is 18.5. The van der Waals surface area contributed by atoms with Gasteiger partial charge in [-0.25, -0.2) is 9.78 Å². The second kappa shape index (κ2) is 9.01. The molecule has 0 aliphatic carbocycles. The SMILES string of the molecule is CO[C@@H](C)CNc1c[nH]c2ncc(Br)c(N3CCC[C@@H](N(C(=O)O)C(C)(C)C)C3)c12. The third-order valence-electron chi connectivity index (χ3n) is 5.62. The number of aromatic amines is 1. The van der Waals surface area contributed by atoms with Crippen LogP contribution >= 0.6 is 15.9 Å². The van der Waals surface area contributed by atoms with Crippen LogP contribution in [0.15, 0.2) is 16.9 Å². The molecule has 166 valence electrons. The maximum Gasteiger partial charge on any atom is 0.408 e. The second-order valence-electron chi connectivity index (χ2n) is 8.87. The van der Waals surface area contributed by atoms with Crippen LogP contribution in [-0.2, 0) is 4.74 Å². The zero-order valence-corrected chi connectivity index (χ0v) is 19.9. The van der Waals surface area contributed by atoms with E-state index >= 15 is 0 Å². The number of ether oxygens (including phenoxy) is 1. The highest BCUT2D eigenvalue weighted by Crippen LogP contribution is 2.39. The van der Waals surface area contributed by atoms with Crippen LogP contribution in [0.5, 0.6) is 0 Å². The van der Waals surface area contributed by atoms with Crippen molar-refractivity contribution in [2.45, 2.75) is 58.2 Å². The number of aromatic nitrogens is 2. The lowest BCUT2D eigenvalue weighted by atomic mass is 9.97. The number of anilines is 2. The van der Waals surface area contributed by atoms with Gasteiger partial charge in [-0.3, -0.25) is 4.90 Å². The van der Waals surface area contributed by atoms with Gasteiger partial charge in [0.1, 0.15) is 5.65 Å². The van der Waals surface area contributed by atoms with Crippen molar-refractivity contribution < 1.29 is 14.6 Å². The van der Waals surface area contributed by atoms with Crippen molar-refractivity contribution in [3.63, 3.8) is 0 Å². The number of rotatable bonds is 6. The monoisotopic (exact) mass is 481 g/mol. The van der Waals surface area contributed by atoms with Gasteiger partial charge in [-0.05, 0) is 56.5 Å². The van der Waals surface area contributed by atoms with Crippen LogP contribution in [0.1, 0.15) is 40.5 Å². The third-order valence-corrected chi connectivity index (χ3v) is 6.20. The lowest BCUT2D eigenvalue weighted by molar-refractivity contribution is 0.0648. The van der Waals surface area contributed by atoms with Crippen molar-refractivity contribution in [1.82, 2.24) is 14.9 Å².